The molecule has 0 fully saturated rings. The zero-order valence-corrected chi connectivity index (χ0v) is 27.1. The molecule has 1 aliphatic carbocycles. The highest BCUT2D eigenvalue weighted by Gasteiger charge is 2.21. The monoisotopic (exact) mass is 623 g/mol. The number of nitrogens with zero attached hydrogens (tertiary/aromatic N) is 1. The molecule has 1 heteroatoms. The summed E-state index contributed by atoms with van der Waals surface area (Å²) in [6.07, 6.45) is 6.76. The lowest BCUT2D eigenvalue weighted by atomic mass is 9.85. The summed E-state index contributed by atoms with van der Waals surface area (Å²) in [4.78, 5) is 0. The van der Waals surface area contributed by atoms with Crippen molar-refractivity contribution in [3.8, 4) is 39.1 Å². The molecule has 10 rings (SSSR count). The molecule has 230 valence electrons. The van der Waals surface area contributed by atoms with Crippen molar-refractivity contribution in [2.75, 3.05) is 0 Å². The lowest BCUT2D eigenvalue weighted by Crippen LogP contribution is -1.99. The van der Waals surface area contributed by atoms with E-state index in [-0.39, 0.29) is 0 Å². The molecule has 0 saturated carbocycles. The van der Waals surface area contributed by atoms with E-state index >= 15 is 0 Å². The van der Waals surface area contributed by atoms with Crippen LogP contribution in [0.15, 0.2) is 170 Å². The van der Waals surface area contributed by atoms with Crippen LogP contribution in [-0.4, -0.2) is 4.57 Å². The van der Waals surface area contributed by atoms with Crippen LogP contribution in [0, 0.1) is 0 Å². The van der Waals surface area contributed by atoms with Gasteiger partial charge in [0, 0.05) is 16.8 Å². The van der Waals surface area contributed by atoms with Gasteiger partial charge in [0.2, 0.25) is 0 Å². The lowest BCUT2D eigenvalue weighted by Gasteiger charge is -2.18. The summed E-state index contributed by atoms with van der Waals surface area (Å²) in [5.74, 6) is 0. The zero-order chi connectivity index (χ0) is 32.3. The Labute approximate surface area is 286 Å². The van der Waals surface area contributed by atoms with Gasteiger partial charge in [-0.15, -0.1) is 0 Å². The van der Waals surface area contributed by atoms with E-state index in [1.54, 1.807) is 0 Å². The fraction of sp³-hybridized carbons (Fsp3) is 0.0417. The maximum Gasteiger partial charge on any atom is 0.0538 e. The van der Waals surface area contributed by atoms with E-state index in [1.165, 1.54) is 93.5 Å². The average Bonchev–Trinajstić information content (AvgIpc) is 3.51. The molecule has 1 heterocycles. The Morgan fingerprint density at radius 2 is 1.00 bits per heavy atom. The third-order valence-electron chi connectivity index (χ3n) is 10.5. The van der Waals surface area contributed by atoms with Crippen LogP contribution in [0.4, 0.5) is 0 Å². The van der Waals surface area contributed by atoms with Gasteiger partial charge in [-0.3, -0.25) is 0 Å². The molecule has 0 radical (unpaired) electrons. The molecule has 0 unspecified atom stereocenters. The second-order valence-electron chi connectivity index (χ2n) is 13.2. The number of fused-ring (bicyclic) bond motifs is 6. The van der Waals surface area contributed by atoms with Gasteiger partial charge in [0.05, 0.1) is 5.52 Å². The zero-order valence-electron chi connectivity index (χ0n) is 27.1. The van der Waals surface area contributed by atoms with Crippen molar-refractivity contribution in [2.24, 2.45) is 0 Å². The number of benzene rings is 8. The maximum atomic E-state index is 2.46. The standard InChI is InChI=1S/C48H33N/c1-2-15-36(16-3-1)49-45-24-11-10-18-39(45)44-31-35(29-30-46(44)49)48-42-21-8-6-19-40(42)47(41-20-7-9-22-43(41)48)34-27-25-33(26-28-34)38-23-12-14-32-13-4-5-17-37(32)38/h1-9,11-17,19-31H,10,18H2. The number of aromatic nitrogens is 1. The Morgan fingerprint density at radius 1 is 0.429 bits per heavy atom. The molecule has 0 amide bonds. The summed E-state index contributed by atoms with van der Waals surface area (Å²) in [5, 5.41) is 9.02. The molecular weight excluding hydrogens is 591 g/mol. The van der Waals surface area contributed by atoms with Crippen LogP contribution in [-0.2, 0) is 6.42 Å². The predicted octanol–water partition coefficient (Wildman–Crippen LogP) is 13.1. The first kappa shape index (κ1) is 27.9. The molecule has 0 saturated heterocycles. The molecule has 8 aromatic carbocycles. The second-order valence-corrected chi connectivity index (χ2v) is 13.2. The van der Waals surface area contributed by atoms with E-state index in [4.69, 9.17) is 0 Å². The molecule has 1 aromatic heterocycles. The molecular formula is C48H33N. The van der Waals surface area contributed by atoms with E-state index < -0.39 is 0 Å². The molecule has 0 bridgehead atoms. The lowest BCUT2D eigenvalue weighted by molar-refractivity contribution is 0.967. The quantitative estimate of drug-likeness (QED) is 0.172. The fourth-order valence-electron chi connectivity index (χ4n) is 8.29. The molecule has 0 spiro atoms. The van der Waals surface area contributed by atoms with E-state index in [2.05, 4.69) is 181 Å². The molecule has 49 heavy (non-hydrogen) atoms. The summed E-state index contributed by atoms with van der Waals surface area (Å²) in [5.41, 5.74) is 12.8. The van der Waals surface area contributed by atoms with Crippen molar-refractivity contribution in [1.29, 1.82) is 0 Å². The van der Waals surface area contributed by atoms with Gasteiger partial charge in [-0.05, 0) is 114 Å². The predicted molar refractivity (Wildman–Crippen MR) is 209 cm³/mol. The van der Waals surface area contributed by atoms with E-state index in [0.717, 1.165) is 12.8 Å². The van der Waals surface area contributed by atoms with Crippen molar-refractivity contribution in [3.63, 3.8) is 0 Å². The van der Waals surface area contributed by atoms with Crippen LogP contribution >= 0.6 is 0 Å². The number of para-hydroxylation sites is 1. The van der Waals surface area contributed by atoms with Crippen molar-refractivity contribution in [3.05, 3.63) is 181 Å². The number of hydrogen-bond acceptors (Lipinski definition) is 0. The molecule has 0 atom stereocenters. The number of hydrogen-bond donors (Lipinski definition) is 0. The normalized spacial score (nSPS) is 12.7. The number of aryl methyl sites for hydroxylation is 1. The van der Waals surface area contributed by atoms with Crippen molar-refractivity contribution < 1.29 is 0 Å². The Balaban J connectivity index is 1.18. The largest absolute Gasteiger partial charge is 0.310 e. The van der Waals surface area contributed by atoms with Gasteiger partial charge < -0.3 is 4.57 Å². The maximum absolute atomic E-state index is 2.46. The van der Waals surface area contributed by atoms with Crippen LogP contribution in [0.1, 0.15) is 17.7 Å². The van der Waals surface area contributed by atoms with Crippen molar-refractivity contribution in [1.82, 2.24) is 4.57 Å². The fourth-order valence-corrected chi connectivity index (χ4v) is 8.29. The van der Waals surface area contributed by atoms with Gasteiger partial charge >= 0.3 is 0 Å². The van der Waals surface area contributed by atoms with Gasteiger partial charge in [0.1, 0.15) is 0 Å². The first-order chi connectivity index (χ1) is 24.3. The molecule has 0 N–H and O–H groups in total. The van der Waals surface area contributed by atoms with E-state index in [0.29, 0.717) is 0 Å². The third-order valence-corrected chi connectivity index (χ3v) is 10.5. The molecule has 1 aliphatic rings. The summed E-state index contributed by atoms with van der Waals surface area (Å²) in [6.45, 7) is 0. The van der Waals surface area contributed by atoms with Crippen molar-refractivity contribution >= 4 is 49.3 Å². The Morgan fingerprint density at radius 3 is 1.71 bits per heavy atom. The second kappa shape index (κ2) is 11.2. The van der Waals surface area contributed by atoms with Gasteiger partial charge in [-0.2, -0.15) is 0 Å². The van der Waals surface area contributed by atoms with Crippen molar-refractivity contribution in [2.45, 2.75) is 12.8 Å². The number of allylic oxidation sites excluding steroid dienone is 1. The van der Waals surface area contributed by atoms with Gasteiger partial charge in [-0.1, -0.05) is 146 Å². The van der Waals surface area contributed by atoms with Gasteiger partial charge in [-0.25, -0.2) is 0 Å². The van der Waals surface area contributed by atoms with Crippen LogP contribution in [0.25, 0.3) is 88.4 Å². The minimum atomic E-state index is 1.06. The van der Waals surface area contributed by atoms with E-state index in [9.17, 15) is 0 Å². The summed E-state index contributed by atoms with van der Waals surface area (Å²) >= 11 is 0. The highest BCUT2D eigenvalue weighted by Crippen LogP contribution is 2.45. The Hall–Kier alpha value is -6.18. The van der Waals surface area contributed by atoms with E-state index in [1.807, 2.05) is 0 Å². The van der Waals surface area contributed by atoms with Gasteiger partial charge in [0.25, 0.3) is 0 Å². The van der Waals surface area contributed by atoms with Crippen LogP contribution in [0.5, 0.6) is 0 Å². The third kappa shape index (κ3) is 4.40. The highest BCUT2D eigenvalue weighted by atomic mass is 15.0. The minimum absolute atomic E-state index is 1.06. The molecule has 1 nitrogen and oxygen atoms in total. The molecule has 9 aromatic rings. The Kier molecular flexibility index (Phi) is 6.38. The van der Waals surface area contributed by atoms with Crippen LogP contribution in [0.3, 0.4) is 0 Å². The summed E-state index contributed by atoms with van der Waals surface area (Å²) < 4.78 is 2.44. The SMILES string of the molecule is C1=Cc2c(c3cc(-c4c5ccccc5c(-c5ccc(-c6cccc7ccccc67)cc5)c5ccccc45)ccc3n2-c2ccccc2)CC1. The molecule has 0 aliphatic heterocycles. The van der Waals surface area contributed by atoms with Gasteiger partial charge in [0.15, 0.2) is 0 Å². The first-order valence-electron chi connectivity index (χ1n) is 17.3. The average molecular weight is 624 g/mol. The topological polar surface area (TPSA) is 4.93 Å². The minimum Gasteiger partial charge on any atom is -0.310 e. The van der Waals surface area contributed by atoms with Crippen LogP contribution in [0.2, 0.25) is 0 Å². The smallest absolute Gasteiger partial charge is 0.0538 e. The number of rotatable bonds is 4. The summed E-state index contributed by atoms with van der Waals surface area (Å²) in [7, 11) is 0. The Bertz CT molecular complexity index is 2680. The summed E-state index contributed by atoms with van der Waals surface area (Å²) in [6, 6.07) is 60.3. The van der Waals surface area contributed by atoms with Crippen LogP contribution < -0.4 is 0 Å². The highest BCUT2D eigenvalue weighted by molar-refractivity contribution is 6.22. The first-order valence-corrected chi connectivity index (χ1v) is 17.3.